The lowest BCUT2D eigenvalue weighted by atomic mass is 10.1. The molecule has 0 bridgehead atoms. The molecule has 0 aliphatic rings. The van der Waals surface area contributed by atoms with E-state index in [4.69, 9.17) is 5.73 Å². The molecule has 0 aliphatic heterocycles. The summed E-state index contributed by atoms with van der Waals surface area (Å²) in [7, 11) is 0. The van der Waals surface area contributed by atoms with Crippen LogP contribution in [-0.2, 0) is 0 Å². The molecule has 2 rings (SSSR count). The molecule has 0 aliphatic carbocycles. The van der Waals surface area contributed by atoms with Crippen molar-refractivity contribution in [3.8, 4) is 0 Å². The molecule has 108 valence electrons. The Morgan fingerprint density at radius 2 is 2.14 bits per heavy atom. The second-order valence-electron chi connectivity index (χ2n) is 4.53. The molecule has 0 saturated carbocycles. The van der Waals surface area contributed by atoms with E-state index in [2.05, 4.69) is 37.5 Å². The maximum Gasteiger partial charge on any atom is 0.188 e. The van der Waals surface area contributed by atoms with Crippen molar-refractivity contribution in [3.05, 3.63) is 62.1 Å². The van der Waals surface area contributed by atoms with Gasteiger partial charge in [-0.1, -0.05) is 6.58 Å². The maximum absolute atomic E-state index is 12.2. The molecule has 6 heteroatoms. The molecule has 21 heavy (non-hydrogen) atoms. The van der Waals surface area contributed by atoms with E-state index in [1.165, 1.54) is 0 Å². The van der Waals surface area contributed by atoms with Crippen molar-refractivity contribution in [3.63, 3.8) is 0 Å². The van der Waals surface area contributed by atoms with Gasteiger partial charge in [0.05, 0.1) is 5.69 Å². The van der Waals surface area contributed by atoms with Crippen LogP contribution in [0.2, 0.25) is 0 Å². The van der Waals surface area contributed by atoms with Crippen LogP contribution >= 0.6 is 15.9 Å². The van der Waals surface area contributed by atoms with Crippen molar-refractivity contribution >= 4 is 33.7 Å². The number of hydrogen-bond donors (Lipinski definition) is 2. The first kappa shape index (κ1) is 15.2. The lowest BCUT2D eigenvalue weighted by molar-refractivity contribution is 1.13. The second-order valence-corrected chi connectivity index (χ2v) is 5.44. The monoisotopic (exact) mass is 346 g/mol. The summed E-state index contributed by atoms with van der Waals surface area (Å²) in [6.07, 6.45) is 3.22. The van der Waals surface area contributed by atoms with E-state index in [1.807, 2.05) is 6.07 Å². The highest BCUT2D eigenvalue weighted by molar-refractivity contribution is 9.10. The predicted molar refractivity (Wildman–Crippen MR) is 88.9 cm³/mol. The molecular weight excluding hydrogens is 332 g/mol. The van der Waals surface area contributed by atoms with Gasteiger partial charge in [-0.25, -0.2) is 9.98 Å². The quantitative estimate of drug-likeness (QED) is 0.661. The third-order valence-electron chi connectivity index (χ3n) is 3.13. The Labute approximate surface area is 130 Å². The van der Waals surface area contributed by atoms with Crippen molar-refractivity contribution in [2.75, 3.05) is 0 Å². The third-order valence-corrected chi connectivity index (χ3v) is 3.60. The van der Waals surface area contributed by atoms with Gasteiger partial charge < -0.3 is 10.7 Å². The van der Waals surface area contributed by atoms with Gasteiger partial charge in [0.1, 0.15) is 5.84 Å². The number of hydrogen-bond acceptors (Lipinski definition) is 3. The summed E-state index contributed by atoms with van der Waals surface area (Å²) in [6, 6.07) is 3.55. The molecule has 0 aromatic carbocycles. The minimum absolute atomic E-state index is 0.0689. The fourth-order valence-corrected chi connectivity index (χ4v) is 2.15. The summed E-state index contributed by atoms with van der Waals surface area (Å²) in [5.74, 6) is 0.680. The normalized spacial score (nSPS) is 11.5. The number of nitrogens with zero attached hydrogens (tertiary/aromatic N) is 2. The number of amidine groups is 1. The van der Waals surface area contributed by atoms with Crippen LogP contribution in [0.15, 0.2) is 39.2 Å². The average molecular weight is 347 g/mol. The second kappa shape index (κ2) is 6.05. The Hall–Kier alpha value is -2.21. The SMILES string of the molecule is C=Cc1[nH]c(C(N)=Nc2ccc(Br)cn2)c(C)c(=O)c1C. The Kier molecular flexibility index (Phi) is 4.37. The zero-order valence-electron chi connectivity index (χ0n) is 11.8. The number of rotatable bonds is 3. The van der Waals surface area contributed by atoms with Gasteiger partial charge in [-0.15, -0.1) is 0 Å². The number of pyridine rings is 2. The standard InChI is InChI=1S/C15H15BrN4O/c1-4-11-8(2)14(21)9(3)13(19-11)15(17)20-12-6-5-10(16)7-18-12/h4-7H,1H2,2-3H3,(H,19,21)(H2,17,18,20). The average Bonchev–Trinajstić information content (AvgIpc) is 2.47. The van der Waals surface area contributed by atoms with Gasteiger partial charge >= 0.3 is 0 Å². The highest BCUT2D eigenvalue weighted by Gasteiger charge is 2.12. The van der Waals surface area contributed by atoms with E-state index in [0.717, 1.165) is 4.47 Å². The van der Waals surface area contributed by atoms with Crippen molar-refractivity contribution < 1.29 is 0 Å². The van der Waals surface area contributed by atoms with Gasteiger partial charge in [0, 0.05) is 27.5 Å². The third kappa shape index (κ3) is 3.11. The summed E-state index contributed by atoms with van der Waals surface area (Å²) in [4.78, 5) is 23.6. The minimum Gasteiger partial charge on any atom is -0.382 e. The molecule has 0 spiro atoms. The van der Waals surface area contributed by atoms with Gasteiger partial charge in [-0.3, -0.25) is 4.79 Å². The molecule has 0 fully saturated rings. The highest BCUT2D eigenvalue weighted by Crippen LogP contribution is 2.14. The molecule has 5 nitrogen and oxygen atoms in total. The molecule has 3 N–H and O–H groups in total. The number of aromatic nitrogens is 2. The lowest BCUT2D eigenvalue weighted by Crippen LogP contribution is -2.24. The fraction of sp³-hybridized carbons (Fsp3) is 0.133. The zero-order valence-corrected chi connectivity index (χ0v) is 13.4. The summed E-state index contributed by atoms with van der Waals surface area (Å²) < 4.78 is 0.855. The molecule has 0 atom stereocenters. The van der Waals surface area contributed by atoms with Crippen LogP contribution in [0.3, 0.4) is 0 Å². The van der Waals surface area contributed by atoms with Crippen molar-refractivity contribution in [1.29, 1.82) is 0 Å². The first-order valence-corrected chi connectivity index (χ1v) is 7.05. The van der Waals surface area contributed by atoms with Crippen LogP contribution in [-0.4, -0.2) is 15.8 Å². The zero-order chi connectivity index (χ0) is 15.6. The lowest BCUT2D eigenvalue weighted by Gasteiger charge is -2.09. The number of aliphatic imine (C=N–C) groups is 1. The molecule has 2 aromatic rings. The summed E-state index contributed by atoms with van der Waals surface area (Å²) in [5, 5.41) is 0. The van der Waals surface area contributed by atoms with Gasteiger partial charge in [0.15, 0.2) is 11.2 Å². The van der Waals surface area contributed by atoms with E-state index >= 15 is 0 Å². The highest BCUT2D eigenvalue weighted by atomic mass is 79.9. The Morgan fingerprint density at radius 1 is 1.43 bits per heavy atom. The summed E-state index contributed by atoms with van der Waals surface area (Å²) in [5.41, 5.74) is 8.20. The van der Waals surface area contributed by atoms with E-state index in [9.17, 15) is 4.79 Å². The number of halogens is 1. The largest absolute Gasteiger partial charge is 0.382 e. The van der Waals surface area contributed by atoms with Crippen LogP contribution in [0, 0.1) is 13.8 Å². The Bertz CT molecular complexity index is 775. The molecule has 0 amide bonds. The Morgan fingerprint density at radius 3 is 2.71 bits per heavy atom. The van der Waals surface area contributed by atoms with Crippen LogP contribution in [0.5, 0.6) is 0 Å². The van der Waals surface area contributed by atoms with Crippen molar-refractivity contribution in [2.45, 2.75) is 13.8 Å². The van der Waals surface area contributed by atoms with Crippen molar-refractivity contribution in [2.24, 2.45) is 10.7 Å². The predicted octanol–water partition coefficient (Wildman–Crippen LogP) is 2.83. The van der Waals surface area contributed by atoms with Gasteiger partial charge in [0.25, 0.3) is 0 Å². The molecule has 0 unspecified atom stereocenters. The maximum atomic E-state index is 12.2. The Balaban J connectivity index is 2.55. The fourth-order valence-electron chi connectivity index (χ4n) is 1.91. The van der Waals surface area contributed by atoms with Crippen LogP contribution in [0.25, 0.3) is 6.08 Å². The van der Waals surface area contributed by atoms with Crippen LogP contribution in [0.1, 0.15) is 22.5 Å². The molecule has 0 radical (unpaired) electrons. The molecule has 0 saturated heterocycles. The van der Waals surface area contributed by atoms with Gasteiger partial charge in [-0.2, -0.15) is 0 Å². The van der Waals surface area contributed by atoms with Gasteiger partial charge in [-0.05, 0) is 48.0 Å². The molecule has 2 aromatic heterocycles. The molecular formula is C15H15BrN4O. The summed E-state index contributed by atoms with van der Waals surface area (Å²) >= 11 is 3.30. The minimum atomic E-state index is -0.0689. The number of nitrogens with one attached hydrogen (secondary N) is 1. The first-order valence-electron chi connectivity index (χ1n) is 6.26. The van der Waals surface area contributed by atoms with Crippen LogP contribution in [0.4, 0.5) is 5.82 Å². The summed E-state index contributed by atoms with van der Waals surface area (Å²) in [6.45, 7) is 7.15. The number of H-pyrrole nitrogens is 1. The van der Waals surface area contributed by atoms with E-state index in [0.29, 0.717) is 28.3 Å². The van der Waals surface area contributed by atoms with E-state index in [1.54, 1.807) is 32.2 Å². The first-order chi connectivity index (χ1) is 9.93. The molecule has 2 heterocycles. The van der Waals surface area contributed by atoms with E-state index < -0.39 is 0 Å². The van der Waals surface area contributed by atoms with E-state index in [-0.39, 0.29) is 11.3 Å². The number of aromatic amines is 1. The van der Waals surface area contributed by atoms with Gasteiger partial charge in [0.2, 0.25) is 0 Å². The van der Waals surface area contributed by atoms with Crippen molar-refractivity contribution in [1.82, 2.24) is 9.97 Å². The van der Waals surface area contributed by atoms with Crippen LogP contribution < -0.4 is 11.2 Å². The topological polar surface area (TPSA) is 84.1 Å². The smallest absolute Gasteiger partial charge is 0.188 e. The number of nitrogens with two attached hydrogens (primary N) is 1.